The predicted molar refractivity (Wildman–Crippen MR) is 98.4 cm³/mol. The zero-order valence-electron chi connectivity index (χ0n) is 14.4. The van der Waals surface area contributed by atoms with Crippen molar-refractivity contribution in [3.63, 3.8) is 0 Å². The molecular weight excluding hydrogens is 398 g/mol. The Balaban J connectivity index is 2.21. The minimum absolute atomic E-state index is 0.0337. The number of carbonyl (C=O) groups is 1. The fraction of sp³-hybridized carbons (Fsp3) is 0.278. The average molecular weight is 414 g/mol. The molecule has 0 radical (unpaired) electrons. The summed E-state index contributed by atoms with van der Waals surface area (Å²) in [7, 11) is 0. The SMILES string of the molecule is Cc1ccc2c(c1Br)C1(C(=O)N2)C(C#N)=C(N)Oc2n[nH]c(C(C)C)c21. The summed E-state index contributed by atoms with van der Waals surface area (Å²) in [4.78, 5) is 13.4. The number of aromatic amines is 1. The molecule has 1 aromatic heterocycles. The topological polar surface area (TPSA) is 117 Å². The predicted octanol–water partition coefficient (Wildman–Crippen LogP) is 2.93. The molecule has 4 rings (SSSR count). The van der Waals surface area contributed by atoms with Crippen molar-refractivity contribution in [3.05, 3.63) is 50.4 Å². The van der Waals surface area contributed by atoms with E-state index in [2.05, 4.69) is 37.5 Å². The maximum atomic E-state index is 13.4. The number of aryl methyl sites for hydroxylation is 1. The lowest BCUT2D eigenvalue weighted by Crippen LogP contribution is -2.43. The molecule has 8 heteroatoms. The van der Waals surface area contributed by atoms with Crippen LogP contribution in [-0.2, 0) is 10.2 Å². The van der Waals surface area contributed by atoms with Crippen molar-refractivity contribution in [2.75, 3.05) is 5.32 Å². The van der Waals surface area contributed by atoms with Crippen LogP contribution < -0.4 is 15.8 Å². The van der Waals surface area contributed by atoms with Crippen molar-refractivity contribution in [3.8, 4) is 11.9 Å². The van der Waals surface area contributed by atoms with Gasteiger partial charge in [0, 0.05) is 21.4 Å². The summed E-state index contributed by atoms with van der Waals surface area (Å²) in [5.41, 5.74) is 8.22. The Hall–Kier alpha value is -2.79. The molecule has 0 aliphatic carbocycles. The summed E-state index contributed by atoms with van der Waals surface area (Å²) in [5, 5.41) is 20.0. The number of anilines is 1. The quantitative estimate of drug-likeness (QED) is 0.664. The molecule has 2 aromatic rings. The number of rotatable bonds is 1. The molecule has 7 nitrogen and oxygen atoms in total. The van der Waals surface area contributed by atoms with Gasteiger partial charge in [0.1, 0.15) is 17.1 Å². The van der Waals surface area contributed by atoms with Crippen LogP contribution in [0.5, 0.6) is 5.88 Å². The smallest absolute Gasteiger partial charge is 0.245 e. The number of aromatic nitrogens is 2. The van der Waals surface area contributed by atoms with E-state index in [0.29, 0.717) is 16.8 Å². The number of H-pyrrole nitrogens is 1. The molecule has 1 unspecified atom stereocenters. The van der Waals surface area contributed by atoms with Crippen molar-refractivity contribution < 1.29 is 9.53 Å². The van der Waals surface area contributed by atoms with Crippen molar-refractivity contribution in [2.45, 2.75) is 32.1 Å². The Bertz CT molecular complexity index is 1050. The van der Waals surface area contributed by atoms with Gasteiger partial charge >= 0.3 is 0 Å². The third-order valence-corrected chi connectivity index (χ3v) is 5.97. The van der Waals surface area contributed by atoms with Crippen LogP contribution in [0.1, 0.15) is 42.1 Å². The van der Waals surface area contributed by atoms with Gasteiger partial charge in [0.05, 0.1) is 5.56 Å². The molecule has 1 amide bonds. The zero-order chi connectivity index (χ0) is 18.8. The first-order chi connectivity index (χ1) is 12.3. The normalized spacial score (nSPS) is 20.7. The molecule has 2 aliphatic rings. The molecule has 132 valence electrons. The fourth-order valence-corrected chi connectivity index (χ4v) is 4.40. The number of nitrogens with zero attached hydrogens (tertiary/aromatic N) is 2. The van der Waals surface area contributed by atoms with Gasteiger partial charge in [-0.1, -0.05) is 35.8 Å². The van der Waals surface area contributed by atoms with Crippen LogP contribution in [0.3, 0.4) is 0 Å². The Morgan fingerprint density at radius 3 is 2.77 bits per heavy atom. The van der Waals surface area contributed by atoms with E-state index in [9.17, 15) is 10.1 Å². The van der Waals surface area contributed by atoms with Crippen molar-refractivity contribution in [1.29, 1.82) is 5.26 Å². The van der Waals surface area contributed by atoms with E-state index in [4.69, 9.17) is 10.5 Å². The van der Waals surface area contributed by atoms with Gasteiger partial charge in [-0.15, -0.1) is 5.10 Å². The molecule has 1 spiro atoms. The number of fused-ring (bicyclic) bond motifs is 4. The molecule has 2 aliphatic heterocycles. The number of ether oxygens (including phenoxy) is 1. The van der Waals surface area contributed by atoms with Crippen LogP contribution in [-0.4, -0.2) is 16.1 Å². The third kappa shape index (κ3) is 1.81. The van der Waals surface area contributed by atoms with Crippen LogP contribution in [0.2, 0.25) is 0 Å². The molecule has 3 heterocycles. The Kier molecular flexibility index (Phi) is 3.43. The first-order valence-corrected chi connectivity index (χ1v) is 8.91. The van der Waals surface area contributed by atoms with Crippen LogP contribution in [0.15, 0.2) is 28.1 Å². The number of nitrogens with one attached hydrogen (secondary N) is 2. The maximum Gasteiger partial charge on any atom is 0.245 e. The Morgan fingerprint density at radius 2 is 2.12 bits per heavy atom. The lowest BCUT2D eigenvalue weighted by molar-refractivity contribution is -0.118. The number of amides is 1. The van der Waals surface area contributed by atoms with E-state index < -0.39 is 5.41 Å². The number of hydrogen-bond donors (Lipinski definition) is 3. The van der Waals surface area contributed by atoms with Gasteiger partial charge in [0.2, 0.25) is 17.7 Å². The number of hydrogen-bond acceptors (Lipinski definition) is 5. The monoisotopic (exact) mass is 413 g/mol. The second-order valence-electron chi connectivity index (χ2n) is 6.75. The van der Waals surface area contributed by atoms with Crippen LogP contribution in [0.4, 0.5) is 5.69 Å². The fourth-order valence-electron chi connectivity index (χ4n) is 3.75. The number of benzene rings is 1. The molecule has 0 bridgehead atoms. The minimum Gasteiger partial charge on any atom is -0.420 e. The highest BCUT2D eigenvalue weighted by Gasteiger charge is 2.59. The second-order valence-corrected chi connectivity index (χ2v) is 7.54. The summed E-state index contributed by atoms with van der Waals surface area (Å²) in [6.07, 6.45) is 0. The Labute approximate surface area is 158 Å². The molecule has 4 N–H and O–H groups in total. The van der Waals surface area contributed by atoms with E-state index in [1.54, 1.807) is 0 Å². The summed E-state index contributed by atoms with van der Waals surface area (Å²) in [6, 6.07) is 5.84. The van der Waals surface area contributed by atoms with Gasteiger partial charge in [-0.3, -0.25) is 9.89 Å². The van der Waals surface area contributed by atoms with Gasteiger partial charge in [0.25, 0.3) is 0 Å². The largest absolute Gasteiger partial charge is 0.420 e. The van der Waals surface area contributed by atoms with Gasteiger partial charge in [-0.05, 0) is 24.5 Å². The van der Waals surface area contributed by atoms with Gasteiger partial charge < -0.3 is 15.8 Å². The van der Waals surface area contributed by atoms with Crippen LogP contribution in [0.25, 0.3) is 0 Å². The van der Waals surface area contributed by atoms with Crippen molar-refractivity contribution in [2.24, 2.45) is 5.73 Å². The van der Waals surface area contributed by atoms with Gasteiger partial charge in [0.15, 0.2) is 0 Å². The number of nitrogens with two attached hydrogens (primary N) is 1. The summed E-state index contributed by atoms with van der Waals surface area (Å²) in [5.74, 6) is -0.197. The van der Waals surface area contributed by atoms with Crippen LogP contribution >= 0.6 is 15.9 Å². The highest BCUT2D eigenvalue weighted by atomic mass is 79.9. The molecular formula is C18H16BrN5O2. The van der Waals surface area contributed by atoms with E-state index in [1.165, 1.54) is 0 Å². The summed E-state index contributed by atoms with van der Waals surface area (Å²) >= 11 is 3.61. The number of carbonyl (C=O) groups excluding carboxylic acids is 1. The molecule has 0 saturated carbocycles. The first-order valence-electron chi connectivity index (χ1n) is 8.11. The summed E-state index contributed by atoms with van der Waals surface area (Å²) in [6.45, 7) is 5.89. The molecule has 0 fully saturated rings. The van der Waals surface area contributed by atoms with E-state index >= 15 is 0 Å². The molecule has 0 saturated heterocycles. The number of nitriles is 1. The number of halogens is 1. The Morgan fingerprint density at radius 1 is 1.38 bits per heavy atom. The van der Waals surface area contributed by atoms with E-state index in [1.807, 2.05) is 32.9 Å². The minimum atomic E-state index is -1.40. The van der Waals surface area contributed by atoms with E-state index in [0.717, 1.165) is 15.7 Å². The van der Waals surface area contributed by atoms with E-state index in [-0.39, 0.29) is 29.2 Å². The van der Waals surface area contributed by atoms with Gasteiger partial charge in [-0.25, -0.2) is 0 Å². The lowest BCUT2D eigenvalue weighted by atomic mass is 9.68. The highest BCUT2D eigenvalue weighted by Crippen LogP contribution is 2.56. The third-order valence-electron chi connectivity index (χ3n) is 4.95. The highest BCUT2D eigenvalue weighted by molar-refractivity contribution is 9.10. The van der Waals surface area contributed by atoms with Crippen LogP contribution in [0, 0.1) is 18.3 Å². The zero-order valence-corrected chi connectivity index (χ0v) is 16.0. The van der Waals surface area contributed by atoms with Gasteiger partial charge in [-0.2, -0.15) is 5.26 Å². The standard InChI is InChI=1S/C18H16BrN5O2/c1-7(2)14-12-16(24-23-14)26-15(21)9(6-20)18(12)11-10(22-17(18)25)5-4-8(3)13(11)19/h4-5,7H,21H2,1-3H3,(H,22,25)(H,23,24). The van der Waals surface area contributed by atoms with Crippen molar-refractivity contribution >= 4 is 27.5 Å². The van der Waals surface area contributed by atoms with Crippen molar-refractivity contribution in [1.82, 2.24) is 10.2 Å². The molecule has 26 heavy (non-hydrogen) atoms. The molecule has 1 aromatic carbocycles. The first kappa shape index (κ1) is 16.7. The molecule has 1 atom stereocenters. The second kappa shape index (κ2) is 5.35. The lowest BCUT2D eigenvalue weighted by Gasteiger charge is -2.33. The summed E-state index contributed by atoms with van der Waals surface area (Å²) < 4.78 is 6.33. The average Bonchev–Trinajstić information content (AvgIpc) is 3.12. The maximum absolute atomic E-state index is 13.4.